The highest BCUT2D eigenvalue weighted by molar-refractivity contribution is 7.79. The van der Waals surface area contributed by atoms with Crippen molar-refractivity contribution in [2.24, 2.45) is 0 Å². The maximum atomic E-state index is 12.4. The first-order valence-electron chi connectivity index (χ1n) is 21.8. The molecule has 0 aromatic carbocycles. The third-order valence-electron chi connectivity index (χ3n) is 6.84. The first-order chi connectivity index (χ1) is 32.7. The van der Waals surface area contributed by atoms with Crippen LogP contribution < -0.4 is 0 Å². The normalized spacial score (nSPS) is 12.8. The first-order valence-corrected chi connectivity index (χ1v) is 34.2. The SMILES string of the molecule is CCOP(=O)(OCC)C(=O)OC(C)(C)C#CC(C)(C)OC(=O)P(C)(C)=O.CCOP(=O)(OCC)C(=O)OC(C)C#CC(C)OC(=O)P(C)(C)=O.CCOP(=O)(OCC)C(=O)OCC#CCOC(=O)P(C)(C)=O. The lowest BCUT2D eigenvalue weighted by Crippen LogP contribution is -2.29. The lowest BCUT2D eigenvalue weighted by molar-refractivity contribution is 0.0842. The zero-order chi connectivity index (χ0) is 57.0. The zero-order valence-electron chi connectivity index (χ0n) is 44.3. The molecule has 0 N–H and O–H groups in total. The quantitative estimate of drug-likeness (QED) is 0.0492. The summed E-state index contributed by atoms with van der Waals surface area (Å²) in [4.78, 5) is 70.0. The predicted molar refractivity (Wildman–Crippen MR) is 270 cm³/mol. The van der Waals surface area contributed by atoms with Crippen LogP contribution in [0.3, 0.4) is 0 Å². The van der Waals surface area contributed by atoms with Crippen LogP contribution in [0.25, 0.3) is 0 Å². The molecule has 0 rings (SSSR count). The van der Waals surface area contributed by atoms with Crippen LogP contribution in [0.5, 0.6) is 0 Å². The van der Waals surface area contributed by atoms with E-state index in [2.05, 4.69) is 45.0 Å². The zero-order valence-corrected chi connectivity index (χ0v) is 49.7. The van der Waals surface area contributed by atoms with Crippen molar-refractivity contribution in [1.29, 1.82) is 0 Å². The second-order valence-corrected chi connectivity index (χ2v) is 30.7. The molecule has 30 heteroatoms. The van der Waals surface area contributed by atoms with E-state index in [1.54, 1.807) is 41.5 Å². The summed E-state index contributed by atoms with van der Waals surface area (Å²) in [5, 5.41) is 0. The Bertz CT molecular complexity index is 2290. The number of rotatable bonds is 24. The van der Waals surface area contributed by atoms with Gasteiger partial charge in [0.2, 0.25) is 0 Å². The van der Waals surface area contributed by atoms with Crippen LogP contribution in [0.2, 0.25) is 0 Å². The smallest absolute Gasteiger partial charge is 0.438 e. The van der Waals surface area contributed by atoms with Gasteiger partial charge in [0.25, 0.3) is 0 Å². The summed E-state index contributed by atoms with van der Waals surface area (Å²) in [6.07, 6.45) is -1.76. The average molecular weight is 1150 g/mol. The molecule has 2 unspecified atom stereocenters. The molecule has 0 amide bonds. The molecule has 0 fully saturated rings. The minimum Gasteiger partial charge on any atom is -0.447 e. The Morgan fingerprint density at radius 1 is 0.403 bits per heavy atom. The summed E-state index contributed by atoms with van der Waals surface area (Å²) >= 11 is 0. The van der Waals surface area contributed by atoms with E-state index >= 15 is 0 Å². The van der Waals surface area contributed by atoms with Gasteiger partial charge in [0, 0.05) is 0 Å². The van der Waals surface area contributed by atoms with Gasteiger partial charge in [-0.2, -0.15) is 0 Å². The Hall–Kier alpha value is -3.36. The second kappa shape index (κ2) is 33.5. The fraction of sp³-hybridized carbons (Fsp3) is 0.714. The van der Waals surface area contributed by atoms with Gasteiger partial charge in [-0.15, -0.1) is 0 Å². The molecule has 0 spiro atoms. The molecule has 0 aliphatic carbocycles. The van der Waals surface area contributed by atoms with E-state index in [-0.39, 0.29) is 52.9 Å². The minimum absolute atomic E-state index is 0.00948. The number of carbonyl (C=O) groups excluding carboxylic acids is 6. The van der Waals surface area contributed by atoms with Gasteiger partial charge >= 0.3 is 57.0 Å². The highest BCUT2D eigenvalue weighted by Crippen LogP contribution is 2.52. The first kappa shape index (κ1) is 72.9. The molecule has 0 bridgehead atoms. The molecule has 0 aliphatic rings. The van der Waals surface area contributed by atoms with E-state index in [0.29, 0.717) is 0 Å². The fourth-order valence-corrected chi connectivity index (χ4v) is 8.70. The van der Waals surface area contributed by atoms with Crippen LogP contribution in [0.15, 0.2) is 0 Å². The molecule has 0 saturated carbocycles. The highest BCUT2D eigenvalue weighted by atomic mass is 31.2. The Labute approximate surface area is 423 Å². The Kier molecular flexibility index (Phi) is 33.9. The highest BCUT2D eigenvalue weighted by Gasteiger charge is 2.41. The Balaban J connectivity index is -0.000000995. The lowest BCUT2D eigenvalue weighted by Gasteiger charge is -2.24. The molecule has 0 aromatic heterocycles. The fourth-order valence-electron chi connectivity index (χ4n) is 3.72. The van der Waals surface area contributed by atoms with Gasteiger partial charge in [0.1, 0.15) is 0 Å². The molecule has 72 heavy (non-hydrogen) atoms. The topological polar surface area (TPSA) is 316 Å². The van der Waals surface area contributed by atoms with E-state index in [1.165, 1.54) is 81.5 Å². The molecule has 0 saturated heterocycles. The van der Waals surface area contributed by atoms with E-state index in [0.717, 1.165) is 0 Å². The van der Waals surface area contributed by atoms with Gasteiger partial charge in [-0.1, -0.05) is 35.5 Å². The maximum Gasteiger partial charge on any atom is 0.438 e. The molecular weight excluding hydrogens is 1070 g/mol. The van der Waals surface area contributed by atoms with Gasteiger partial charge in [0.05, 0.1) is 39.6 Å². The van der Waals surface area contributed by atoms with Crippen molar-refractivity contribution in [3.05, 3.63) is 0 Å². The minimum atomic E-state index is -4.07. The third kappa shape index (κ3) is 31.4. The monoisotopic (exact) mass is 1150 g/mol. The van der Waals surface area contributed by atoms with Crippen LogP contribution in [-0.2, 0) is 83.0 Å². The Morgan fingerprint density at radius 3 is 0.972 bits per heavy atom. The molecular formula is C42H72O24P6. The third-order valence-corrected chi connectivity index (χ3v) is 15.1. The molecule has 24 nitrogen and oxygen atoms in total. The van der Waals surface area contributed by atoms with E-state index in [9.17, 15) is 56.2 Å². The van der Waals surface area contributed by atoms with Gasteiger partial charge < -0.3 is 69.3 Å². The molecule has 0 heterocycles. The average Bonchev–Trinajstić information content (AvgIpc) is 3.23. The number of hydrogen-bond donors (Lipinski definition) is 0. The molecule has 414 valence electrons. The van der Waals surface area contributed by atoms with Crippen LogP contribution in [-0.4, -0.2) is 151 Å². The van der Waals surface area contributed by atoms with Gasteiger partial charge in [-0.05, 0) is 123 Å². The molecule has 0 aliphatic heterocycles. The number of carbonyl (C=O) groups is 6. The Morgan fingerprint density at radius 2 is 0.667 bits per heavy atom. The van der Waals surface area contributed by atoms with Gasteiger partial charge in [-0.25, -0.2) is 42.5 Å². The summed E-state index contributed by atoms with van der Waals surface area (Å²) in [5.41, 5.74) is -8.52. The van der Waals surface area contributed by atoms with Gasteiger partial charge in [-0.3, -0.25) is 0 Å². The van der Waals surface area contributed by atoms with Crippen molar-refractivity contribution >= 4 is 78.5 Å². The van der Waals surface area contributed by atoms with E-state index in [1.807, 2.05) is 0 Å². The van der Waals surface area contributed by atoms with E-state index < -0.39 is 102 Å². The number of ether oxygens (including phenoxy) is 6. The molecule has 0 aromatic rings. The van der Waals surface area contributed by atoms with Crippen molar-refractivity contribution < 1.29 is 112 Å². The summed E-state index contributed by atoms with van der Waals surface area (Å²) in [6, 6.07) is 0. The van der Waals surface area contributed by atoms with Crippen LogP contribution in [0.1, 0.15) is 83.1 Å². The second-order valence-electron chi connectivity index (χ2n) is 15.9. The standard InChI is InChI=1S/C16H28O8P2.C14H24O8P2.C12H20O8P2/c1-9-21-26(20,22-10-2)14(18)24-16(5,6)12-11-15(3,4)23-13(17)25(7,8)19;1-7-19-24(18,20-8-2)14(16)22-12(4)10-9-11(3)21-13(15)23(5,6)17;1-5-19-22(16,20-6-2)12(14)18-10-8-7-9-17-11(13)21(3,4)15/h9-10H2,1-8H3;11-12H,7-8H2,1-6H3;5-6,9-10H2,1-4H3. The van der Waals surface area contributed by atoms with Crippen LogP contribution in [0.4, 0.5) is 28.8 Å². The number of hydrogen-bond acceptors (Lipinski definition) is 24. The maximum absolute atomic E-state index is 12.4. The van der Waals surface area contributed by atoms with Crippen molar-refractivity contribution in [3.63, 3.8) is 0 Å². The predicted octanol–water partition coefficient (Wildman–Crippen LogP) is 11.8. The summed E-state index contributed by atoms with van der Waals surface area (Å²) in [6.45, 7) is 25.5. The van der Waals surface area contributed by atoms with Crippen LogP contribution >= 0.6 is 44.2 Å². The summed E-state index contributed by atoms with van der Waals surface area (Å²) in [5.74, 6) is 15.2. The molecule has 2 atom stereocenters. The largest absolute Gasteiger partial charge is 0.447 e. The van der Waals surface area contributed by atoms with Crippen molar-refractivity contribution in [3.8, 4) is 35.5 Å². The molecule has 0 radical (unpaired) electrons. The summed E-state index contributed by atoms with van der Waals surface area (Å²) < 4.78 is 130. The van der Waals surface area contributed by atoms with Gasteiger partial charge in [0.15, 0.2) is 58.0 Å². The van der Waals surface area contributed by atoms with Crippen molar-refractivity contribution in [2.45, 2.75) is 106 Å². The lowest BCUT2D eigenvalue weighted by atomic mass is 10.1. The van der Waals surface area contributed by atoms with Crippen molar-refractivity contribution in [1.82, 2.24) is 0 Å². The van der Waals surface area contributed by atoms with Crippen LogP contribution in [0, 0.1) is 35.5 Å². The van der Waals surface area contributed by atoms with E-state index in [4.69, 9.17) is 46.1 Å². The van der Waals surface area contributed by atoms with Crippen molar-refractivity contribution in [2.75, 3.05) is 92.8 Å². The summed E-state index contributed by atoms with van der Waals surface area (Å²) in [7, 11) is -21.0.